The van der Waals surface area contributed by atoms with E-state index in [0.717, 1.165) is 36.5 Å². The monoisotopic (exact) mass is 382 g/mol. The third kappa shape index (κ3) is 4.37. The van der Waals surface area contributed by atoms with Crippen LogP contribution in [0.15, 0.2) is 55.1 Å². The van der Waals surface area contributed by atoms with Crippen molar-refractivity contribution in [2.24, 2.45) is 0 Å². The Labute approximate surface area is 163 Å². The molecule has 0 spiro atoms. The Morgan fingerprint density at radius 2 is 2.04 bits per heavy atom. The molecule has 6 nitrogen and oxygen atoms in total. The summed E-state index contributed by atoms with van der Waals surface area (Å²) in [6.45, 7) is 3.72. The van der Waals surface area contributed by atoms with E-state index in [-0.39, 0.29) is 11.9 Å². The topological polar surface area (TPSA) is 52.4 Å². The number of benzene rings is 2. The van der Waals surface area contributed by atoms with Crippen LogP contribution in [0.1, 0.15) is 22.8 Å². The van der Waals surface area contributed by atoms with E-state index in [2.05, 4.69) is 27.1 Å². The molecule has 28 heavy (non-hydrogen) atoms. The van der Waals surface area contributed by atoms with Crippen LogP contribution in [-0.2, 0) is 17.8 Å². The van der Waals surface area contributed by atoms with Crippen molar-refractivity contribution in [2.75, 3.05) is 26.8 Å². The Morgan fingerprint density at radius 3 is 2.79 bits per heavy atom. The zero-order chi connectivity index (χ0) is 19.3. The van der Waals surface area contributed by atoms with E-state index < -0.39 is 0 Å². The molecular weight excluding hydrogens is 359 g/mol. The first-order chi connectivity index (χ1) is 13.7. The van der Waals surface area contributed by atoms with Gasteiger partial charge in [0, 0.05) is 25.2 Å². The highest BCUT2D eigenvalue weighted by atomic mass is 19.1. The predicted octanol–water partition coefficient (Wildman–Crippen LogP) is 3.05. The van der Waals surface area contributed by atoms with Crippen LogP contribution in [0, 0.1) is 5.82 Å². The number of nitrogens with zero attached hydrogens (tertiary/aromatic N) is 4. The van der Waals surface area contributed by atoms with Crippen molar-refractivity contribution in [2.45, 2.75) is 19.2 Å². The van der Waals surface area contributed by atoms with E-state index in [9.17, 15) is 4.39 Å². The van der Waals surface area contributed by atoms with E-state index in [0.29, 0.717) is 13.2 Å². The summed E-state index contributed by atoms with van der Waals surface area (Å²) < 4.78 is 26.4. The molecule has 0 aliphatic carbocycles. The Balaban J connectivity index is 1.46. The highest BCUT2D eigenvalue weighted by molar-refractivity contribution is 5.37. The number of hydrogen-bond donors (Lipinski definition) is 0. The number of ether oxygens (including phenoxy) is 2. The standard InChI is InChI=1S/C21H23FN4O2/c1-27-20-7-2-16(10-18(20)12-26-15-23-14-24-26)11-25-8-9-28-21(13-25)17-3-5-19(22)6-4-17/h2-7,10,14-15,21H,8-9,11-13H2,1H3. The summed E-state index contributed by atoms with van der Waals surface area (Å²) in [5.74, 6) is 0.611. The average molecular weight is 382 g/mol. The first-order valence-electron chi connectivity index (χ1n) is 9.29. The number of methoxy groups -OCH3 is 1. The predicted molar refractivity (Wildman–Crippen MR) is 102 cm³/mol. The summed E-state index contributed by atoms with van der Waals surface area (Å²) in [7, 11) is 1.68. The Bertz CT molecular complexity index is 899. The molecule has 1 saturated heterocycles. The van der Waals surface area contributed by atoms with Crippen molar-refractivity contribution in [1.82, 2.24) is 19.7 Å². The van der Waals surface area contributed by atoms with Crippen LogP contribution in [-0.4, -0.2) is 46.5 Å². The van der Waals surface area contributed by atoms with Gasteiger partial charge in [-0.25, -0.2) is 14.1 Å². The maximum Gasteiger partial charge on any atom is 0.137 e. The van der Waals surface area contributed by atoms with Crippen molar-refractivity contribution in [1.29, 1.82) is 0 Å². The molecule has 1 atom stereocenters. The molecule has 7 heteroatoms. The minimum atomic E-state index is -0.227. The van der Waals surface area contributed by atoms with Gasteiger partial charge in [-0.3, -0.25) is 4.90 Å². The maximum atomic E-state index is 13.2. The smallest absolute Gasteiger partial charge is 0.137 e. The fraction of sp³-hybridized carbons (Fsp3) is 0.333. The van der Waals surface area contributed by atoms with Crippen molar-refractivity contribution in [3.8, 4) is 5.75 Å². The third-order valence-electron chi connectivity index (χ3n) is 4.94. The minimum absolute atomic E-state index is 0.0396. The fourth-order valence-corrected chi connectivity index (χ4v) is 3.53. The van der Waals surface area contributed by atoms with Gasteiger partial charge in [-0.1, -0.05) is 18.2 Å². The van der Waals surface area contributed by atoms with Crippen LogP contribution >= 0.6 is 0 Å². The normalized spacial score (nSPS) is 17.6. The minimum Gasteiger partial charge on any atom is -0.496 e. The molecule has 0 amide bonds. The molecule has 0 N–H and O–H groups in total. The number of morpholine rings is 1. The van der Waals surface area contributed by atoms with Crippen LogP contribution < -0.4 is 4.74 Å². The van der Waals surface area contributed by atoms with Gasteiger partial charge in [-0.05, 0) is 35.4 Å². The zero-order valence-corrected chi connectivity index (χ0v) is 15.8. The molecule has 2 heterocycles. The van der Waals surface area contributed by atoms with Crippen LogP contribution in [0.3, 0.4) is 0 Å². The van der Waals surface area contributed by atoms with Gasteiger partial charge in [0.15, 0.2) is 0 Å². The second-order valence-corrected chi connectivity index (χ2v) is 6.89. The average Bonchev–Trinajstić information content (AvgIpc) is 3.22. The lowest BCUT2D eigenvalue weighted by Gasteiger charge is -2.33. The molecule has 0 saturated carbocycles. The van der Waals surface area contributed by atoms with Gasteiger partial charge in [0.25, 0.3) is 0 Å². The largest absolute Gasteiger partial charge is 0.496 e. The van der Waals surface area contributed by atoms with Crippen molar-refractivity contribution >= 4 is 0 Å². The Kier molecular flexibility index (Phi) is 5.64. The molecule has 0 bridgehead atoms. The van der Waals surface area contributed by atoms with E-state index in [4.69, 9.17) is 9.47 Å². The summed E-state index contributed by atoms with van der Waals surface area (Å²) in [5, 5.41) is 4.18. The molecule has 4 rings (SSSR count). The van der Waals surface area contributed by atoms with Crippen molar-refractivity contribution in [3.05, 3.63) is 77.6 Å². The molecular formula is C21H23FN4O2. The SMILES string of the molecule is COc1ccc(CN2CCOC(c3ccc(F)cc3)C2)cc1Cn1cncn1. The number of aromatic nitrogens is 3. The fourth-order valence-electron chi connectivity index (χ4n) is 3.53. The van der Waals surface area contributed by atoms with Crippen LogP contribution in [0.25, 0.3) is 0 Å². The lowest BCUT2D eigenvalue weighted by molar-refractivity contribution is -0.0329. The molecule has 2 aromatic carbocycles. The lowest BCUT2D eigenvalue weighted by Crippen LogP contribution is -2.37. The summed E-state index contributed by atoms with van der Waals surface area (Å²) in [4.78, 5) is 6.36. The molecule has 146 valence electrons. The first kappa shape index (κ1) is 18.6. The highest BCUT2D eigenvalue weighted by Gasteiger charge is 2.22. The Morgan fingerprint density at radius 1 is 1.18 bits per heavy atom. The van der Waals surface area contributed by atoms with Gasteiger partial charge in [-0.2, -0.15) is 5.10 Å². The third-order valence-corrected chi connectivity index (χ3v) is 4.94. The van der Waals surface area contributed by atoms with E-state index in [1.54, 1.807) is 30.3 Å². The molecule has 0 radical (unpaired) electrons. The maximum absolute atomic E-state index is 13.2. The van der Waals surface area contributed by atoms with Gasteiger partial charge in [0.2, 0.25) is 0 Å². The van der Waals surface area contributed by atoms with E-state index in [1.165, 1.54) is 24.0 Å². The summed E-state index contributed by atoms with van der Waals surface area (Å²) in [6, 6.07) is 12.8. The van der Waals surface area contributed by atoms with Crippen molar-refractivity contribution < 1.29 is 13.9 Å². The second kappa shape index (κ2) is 8.50. The van der Waals surface area contributed by atoms with Crippen LogP contribution in [0.4, 0.5) is 4.39 Å². The lowest BCUT2D eigenvalue weighted by atomic mass is 10.1. The van der Waals surface area contributed by atoms with Gasteiger partial charge < -0.3 is 9.47 Å². The van der Waals surface area contributed by atoms with Gasteiger partial charge in [-0.15, -0.1) is 0 Å². The first-order valence-corrected chi connectivity index (χ1v) is 9.29. The second-order valence-electron chi connectivity index (χ2n) is 6.89. The molecule has 1 aliphatic heterocycles. The van der Waals surface area contributed by atoms with Crippen LogP contribution in [0.2, 0.25) is 0 Å². The zero-order valence-electron chi connectivity index (χ0n) is 15.8. The van der Waals surface area contributed by atoms with Crippen LogP contribution in [0.5, 0.6) is 5.75 Å². The summed E-state index contributed by atoms with van der Waals surface area (Å²) >= 11 is 0. The molecule has 1 aromatic heterocycles. The summed E-state index contributed by atoms with van der Waals surface area (Å²) in [5.41, 5.74) is 3.28. The number of rotatable bonds is 6. The molecule has 3 aromatic rings. The van der Waals surface area contributed by atoms with Crippen molar-refractivity contribution in [3.63, 3.8) is 0 Å². The molecule has 1 fully saturated rings. The number of hydrogen-bond acceptors (Lipinski definition) is 5. The van der Waals surface area contributed by atoms with E-state index in [1.807, 2.05) is 6.07 Å². The summed E-state index contributed by atoms with van der Waals surface area (Å²) in [6.07, 6.45) is 3.18. The van der Waals surface area contributed by atoms with E-state index >= 15 is 0 Å². The van der Waals surface area contributed by atoms with Gasteiger partial charge >= 0.3 is 0 Å². The highest BCUT2D eigenvalue weighted by Crippen LogP contribution is 2.25. The molecule has 1 aliphatic rings. The quantitative estimate of drug-likeness (QED) is 0.656. The molecule has 1 unspecified atom stereocenters. The van der Waals surface area contributed by atoms with Gasteiger partial charge in [0.1, 0.15) is 24.2 Å². The Hall–Kier alpha value is -2.77. The van der Waals surface area contributed by atoms with Gasteiger partial charge in [0.05, 0.1) is 26.4 Å². The number of halogens is 1.